The standard InChI is InChI=1S/C31H32N8O4/c1-6-10-26-32-23-16-21(15-19(4)29(23)39(26)36-43)31(41)37(5)24-13-9-8-12-22(24)33-30(40)20-14-18(3)28-25(17-20)38(35-42)27(34-28)11-7-2/h8-9,12-17H,6-7,10-11H2,1-5H3,(H,33,40). The van der Waals surface area contributed by atoms with Crippen LogP contribution < -0.4 is 10.2 Å². The molecule has 2 heterocycles. The third kappa shape index (κ3) is 5.27. The van der Waals surface area contributed by atoms with Gasteiger partial charge in [-0.05, 0) is 74.2 Å². The highest BCUT2D eigenvalue weighted by Crippen LogP contribution is 2.30. The van der Waals surface area contributed by atoms with Gasteiger partial charge >= 0.3 is 0 Å². The van der Waals surface area contributed by atoms with E-state index < -0.39 is 5.91 Å². The lowest BCUT2D eigenvalue weighted by Gasteiger charge is -2.21. The molecular weight excluding hydrogens is 548 g/mol. The van der Waals surface area contributed by atoms with Gasteiger partial charge in [-0.1, -0.05) is 26.0 Å². The Morgan fingerprint density at radius 2 is 1.51 bits per heavy atom. The van der Waals surface area contributed by atoms with Crippen molar-refractivity contribution in [3.8, 4) is 0 Å². The molecule has 12 nitrogen and oxygen atoms in total. The van der Waals surface area contributed by atoms with Crippen molar-refractivity contribution in [1.29, 1.82) is 0 Å². The molecule has 0 aliphatic rings. The molecule has 12 heteroatoms. The Morgan fingerprint density at radius 1 is 0.860 bits per heavy atom. The van der Waals surface area contributed by atoms with Crippen LogP contribution >= 0.6 is 0 Å². The van der Waals surface area contributed by atoms with Gasteiger partial charge < -0.3 is 10.2 Å². The summed E-state index contributed by atoms with van der Waals surface area (Å²) in [5.41, 5.74) is 5.21. The Morgan fingerprint density at radius 3 is 2.19 bits per heavy atom. The number of amides is 2. The highest BCUT2D eigenvalue weighted by atomic mass is 16.3. The van der Waals surface area contributed by atoms with Crippen molar-refractivity contribution >= 4 is 45.3 Å². The van der Waals surface area contributed by atoms with Crippen molar-refractivity contribution in [2.24, 2.45) is 10.6 Å². The average Bonchev–Trinajstić information content (AvgIpc) is 3.54. The van der Waals surface area contributed by atoms with Crippen molar-refractivity contribution in [1.82, 2.24) is 19.3 Å². The van der Waals surface area contributed by atoms with Crippen molar-refractivity contribution in [2.45, 2.75) is 53.4 Å². The molecule has 3 aromatic carbocycles. The van der Waals surface area contributed by atoms with Crippen LogP contribution in [-0.2, 0) is 12.8 Å². The lowest BCUT2D eigenvalue weighted by atomic mass is 10.1. The van der Waals surface area contributed by atoms with Crippen LogP contribution in [0.2, 0.25) is 0 Å². The normalized spacial score (nSPS) is 11.2. The minimum absolute atomic E-state index is 0.320. The van der Waals surface area contributed by atoms with E-state index in [-0.39, 0.29) is 5.91 Å². The molecule has 220 valence electrons. The quantitative estimate of drug-likeness (QED) is 0.187. The fourth-order valence-electron chi connectivity index (χ4n) is 5.39. The molecule has 0 saturated carbocycles. The first kappa shape index (κ1) is 29.2. The SMILES string of the molecule is CCCc1nc2c(C)cc(C(=O)Nc3ccccc3N(C)C(=O)c3cc(C)c4c(c3)nc(CCC)n4N=O)cc2n1N=O. The first-order valence-corrected chi connectivity index (χ1v) is 14.1. The molecule has 5 rings (SSSR count). The van der Waals surface area contributed by atoms with Crippen LogP contribution in [0.15, 0.2) is 59.1 Å². The summed E-state index contributed by atoms with van der Waals surface area (Å²) in [5.74, 6) is 0.354. The van der Waals surface area contributed by atoms with E-state index in [0.29, 0.717) is 74.6 Å². The number of benzene rings is 3. The second-order valence-electron chi connectivity index (χ2n) is 10.5. The number of nitrogens with zero attached hydrogens (tertiary/aromatic N) is 7. The van der Waals surface area contributed by atoms with Gasteiger partial charge in [0.05, 0.1) is 44.0 Å². The molecule has 0 bridgehead atoms. The number of para-hydroxylation sites is 2. The number of carbonyl (C=O) groups excluding carboxylic acids is 2. The van der Waals surface area contributed by atoms with E-state index in [4.69, 9.17) is 0 Å². The molecule has 0 fully saturated rings. The zero-order valence-corrected chi connectivity index (χ0v) is 24.7. The first-order chi connectivity index (χ1) is 20.7. The van der Waals surface area contributed by atoms with Gasteiger partial charge in [-0.2, -0.15) is 9.35 Å². The number of nitrogens with one attached hydrogen (secondary N) is 1. The molecular formula is C31H32N8O4. The number of carbonyl (C=O) groups is 2. The van der Waals surface area contributed by atoms with Gasteiger partial charge in [-0.25, -0.2) is 9.97 Å². The number of fused-ring (bicyclic) bond motifs is 2. The smallest absolute Gasteiger partial charge is 0.258 e. The van der Waals surface area contributed by atoms with Crippen molar-refractivity contribution < 1.29 is 9.59 Å². The summed E-state index contributed by atoms with van der Waals surface area (Å²) in [6.45, 7) is 7.61. The number of rotatable bonds is 10. The lowest BCUT2D eigenvalue weighted by Crippen LogP contribution is -2.27. The number of imidazole rings is 2. The average molecular weight is 581 g/mol. The highest BCUT2D eigenvalue weighted by molar-refractivity contribution is 6.12. The van der Waals surface area contributed by atoms with Crippen LogP contribution in [0.1, 0.15) is 70.2 Å². The summed E-state index contributed by atoms with van der Waals surface area (Å²) in [4.78, 5) is 60.9. The Kier molecular flexibility index (Phi) is 8.11. The summed E-state index contributed by atoms with van der Waals surface area (Å²) in [5, 5.41) is 9.19. The number of hydrogen-bond acceptors (Lipinski definition) is 8. The molecule has 0 unspecified atom stereocenters. The van der Waals surface area contributed by atoms with Gasteiger partial charge in [0.1, 0.15) is 11.6 Å². The van der Waals surface area contributed by atoms with Gasteiger partial charge in [0.2, 0.25) is 0 Å². The number of aryl methyl sites for hydroxylation is 4. The van der Waals surface area contributed by atoms with Crippen molar-refractivity contribution in [3.63, 3.8) is 0 Å². The lowest BCUT2D eigenvalue weighted by molar-refractivity contribution is 0.0989. The molecule has 0 aliphatic heterocycles. The number of hydrogen-bond donors (Lipinski definition) is 1. The first-order valence-electron chi connectivity index (χ1n) is 14.1. The molecule has 0 spiro atoms. The summed E-state index contributed by atoms with van der Waals surface area (Å²) in [6, 6.07) is 13.7. The second-order valence-corrected chi connectivity index (χ2v) is 10.5. The van der Waals surface area contributed by atoms with E-state index in [1.807, 2.05) is 27.7 Å². The largest absolute Gasteiger partial charge is 0.320 e. The molecule has 43 heavy (non-hydrogen) atoms. The second kappa shape index (κ2) is 11.9. The molecule has 0 aliphatic carbocycles. The Bertz CT molecular complexity index is 1910. The van der Waals surface area contributed by atoms with E-state index in [9.17, 15) is 19.4 Å². The van der Waals surface area contributed by atoms with Crippen LogP contribution in [0.4, 0.5) is 11.4 Å². The van der Waals surface area contributed by atoms with E-state index >= 15 is 0 Å². The summed E-state index contributed by atoms with van der Waals surface area (Å²) in [6.07, 6.45) is 2.74. The third-order valence-corrected chi connectivity index (χ3v) is 7.42. The van der Waals surface area contributed by atoms with E-state index in [2.05, 4.69) is 25.9 Å². The maximum absolute atomic E-state index is 13.7. The van der Waals surface area contributed by atoms with E-state index in [0.717, 1.165) is 18.4 Å². The van der Waals surface area contributed by atoms with Crippen LogP contribution in [0.5, 0.6) is 0 Å². The van der Waals surface area contributed by atoms with Gasteiger partial charge in [0.25, 0.3) is 11.8 Å². The van der Waals surface area contributed by atoms with Gasteiger partial charge in [0, 0.05) is 31.0 Å². The fraction of sp³-hybridized carbons (Fsp3) is 0.290. The zero-order chi connectivity index (χ0) is 30.8. The molecule has 2 aromatic heterocycles. The third-order valence-electron chi connectivity index (χ3n) is 7.42. The van der Waals surface area contributed by atoms with Crippen LogP contribution in [0.3, 0.4) is 0 Å². The fourth-order valence-corrected chi connectivity index (χ4v) is 5.39. The molecule has 0 atom stereocenters. The Labute approximate surface area is 247 Å². The summed E-state index contributed by atoms with van der Waals surface area (Å²) < 4.78 is 2.53. The molecule has 5 aromatic rings. The summed E-state index contributed by atoms with van der Waals surface area (Å²) >= 11 is 0. The van der Waals surface area contributed by atoms with Crippen molar-refractivity contribution in [2.75, 3.05) is 17.3 Å². The topological polar surface area (TPSA) is 144 Å². The minimum atomic E-state index is -0.415. The Hall–Kier alpha value is -5.26. The number of nitroso groups, excluding NO2 is 2. The van der Waals surface area contributed by atoms with Gasteiger partial charge in [-0.15, -0.1) is 9.81 Å². The molecule has 1 N–H and O–H groups in total. The molecule has 0 radical (unpaired) electrons. The van der Waals surface area contributed by atoms with Crippen LogP contribution in [-0.4, -0.2) is 38.2 Å². The predicted molar refractivity (Wildman–Crippen MR) is 166 cm³/mol. The van der Waals surface area contributed by atoms with E-state index in [1.165, 1.54) is 14.3 Å². The van der Waals surface area contributed by atoms with Gasteiger partial charge in [0.15, 0.2) is 0 Å². The molecule has 2 amide bonds. The van der Waals surface area contributed by atoms with Gasteiger partial charge in [-0.3, -0.25) is 9.59 Å². The minimum Gasteiger partial charge on any atom is -0.320 e. The van der Waals surface area contributed by atoms with E-state index in [1.54, 1.807) is 55.6 Å². The maximum Gasteiger partial charge on any atom is 0.258 e. The predicted octanol–water partition coefficient (Wildman–Crippen LogP) is 6.50. The summed E-state index contributed by atoms with van der Waals surface area (Å²) in [7, 11) is 1.63. The van der Waals surface area contributed by atoms with Crippen molar-refractivity contribution in [3.05, 3.63) is 92.2 Å². The maximum atomic E-state index is 13.7. The number of anilines is 2. The molecule has 0 saturated heterocycles. The van der Waals surface area contributed by atoms with Crippen LogP contribution in [0.25, 0.3) is 22.1 Å². The van der Waals surface area contributed by atoms with Crippen LogP contribution in [0, 0.1) is 23.7 Å². The number of aromatic nitrogens is 4. The zero-order valence-electron chi connectivity index (χ0n) is 24.7. The Balaban J connectivity index is 1.46. The monoisotopic (exact) mass is 580 g/mol. The highest BCUT2D eigenvalue weighted by Gasteiger charge is 2.22.